The zero-order valence-corrected chi connectivity index (χ0v) is 14.3. The number of aryl methyl sites for hydroxylation is 2. The number of nitrogens with zero attached hydrogens (tertiary/aromatic N) is 3. The summed E-state index contributed by atoms with van der Waals surface area (Å²) in [6.45, 7) is 0.735. The van der Waals surface area contributed by atoms with Crippen LogP contribution in [0.5, 0.6) is 5.75 Å². The molecular formula is C17H18N4O3S. The smallest absolute Gasteiger partial charge is 0.260 e. The summed E-state index contributed by atoms with van der Waals surface area (Å²) in [5, 5.41) is 4.11. The fourth-order valence-electron chi connectivity index (χ4n) is 2.38. The number of benzene rings is 2. The molecule has 0 atom stereocenters. The van der Waals surface area contributed by atoms with Crippen molar-refractivity contribution in [3.05, 3.63) is 77.9 Å². The average molecular weight is 358 g/mol. The van der Waals surface area contributed by atoms with E-state index in [-0.39, 0.29) is 0 Å². The first-order valence-electron chi connectivity index (χ1n) is 7.69. The molecule has 3 aromatic rings. The Kier molecular flexibility index (Phi) is 6.41. The van der Waals surface area contributed by atoms with Crippen molar-refractivity contribution in [1.82, 2.24) is 14.8 Å². The molecule has 0 aliphatic rings. The highest BCUT2D eigenvalue weighted by molar-refractivity contribution is 7.90. The first kappa shape index (κ1) is 17.4. The highest BCUT2D eigenvalue weighted by atomic mass is 32.2. The second-order valence-corrected chi connectivity index (χ2v) is 5.81. The topological polar surface area (TPSA) is 84.4 Å². The minimum absolute atomic E-state index is 0.668. The Hall–Kier alpha value is -2.39. The van der Waals surface area contributed by atoms with Gasteiger partial charge in [0.1, 0.15) is 18.4 Å². The molecule has 2 aromatic carbocycles. The van der Waals surface area contributed by atoms with Gasteiger partial charge in [-0.05, 0) is 41.7 Å². The molecule has 130 valence electrons. The van der Waals surface area contributed by atoms with Crippen molar-refractivity contribution in [2.24, 2.45) is 5.90 Å². The van der Waals surface area contributed by atoms with Crippen LogP contribution in [0.15, 0.2) is 61.2 Å². The van der Waals surface area contributed by atoms with E-state index in [0.717, 1.165) is 19.4 Å². The molecule has 7 nitrogen and oxygen atoms in total. The lowest BCUT2D eigenvalue weighted by Crippen LogP contribution is -2.00. The Morgan fingerprint density at radius 2 is 1.56 bits per heavy atom. The third-order valence-corrected chi connectivity index (χ3v) is 4.05. The molecular weight excluding hydrogens is 340 g/mol. The van der Waals surface area contributed by atoms with Crippen molar-refractivity contribution < 1.29 is 13.5 Å². The monoisotopic (exact) mass is 358 g/mol. The number of rotatable bonds is 9. The third-order valence-electron chi connectivity index (χ3n) is 3.66. The predicted molar refractivity (Wildman–Crippen MR) is 94.0 cm³/mol. The molecule has 0 aliphatic heterocycles. The fraction of sp³-hybridized carbons (Fsp3) is 0.176. The summed E-state index contributed by atoms with van der Waals surface area (Å²) in [7, 11) is 0. The number of hydrogen-bond donors (Lipinski definition) is 1. The molecule has 0 bridgehead atoms. The Morgan fingerprint density at radius 1 is 0.920 bits per heavy atom. The molecule has 1 aromatic heterocycles. The van der Waals surface area contributed by atoms with Gasteiger partial charge in [-0.2, -0.15) is 11.0 Å². The van der Waals surface area contributed by atoms with Gasteiger partial charge in [0.2, 0.25) is 0 Å². The van der Waals surface area contributed by atoms with Crippen LogP contribution in [0.1, 0.15) is 16.7 Å². The van der Waals surface area contributed by atoms with Crippen molar-refractivity contribution in [2.75, 3.05) is 0 Å². The fourth-order valence-corrected chi connectivity index (χ4v) is 2.63. The average Bonchev–Trinajstić information content (AvgIpc) is 3.15. The van der Waals surface area contributed by atoms with Gasteiger partial charge in [-0.3, -0.25) is 0 Å². The van der Waals surface area contributed by atoms with Gasteiger partial charge in [0.05, 0.1) is 6.54 Å². The lowest BCUT2D eigenvalue weighted by atomic mass is 10.0. The van der Waals surface area contributed by atoms with Crippen LogP contribution in [0.3, 0.4) is 0 Å². The van der Waals surface area contributed by atoms with E-state index in [9.17, 15) is 0 Å². The van der Waals surface area contributed by atoms with E-state index in [1.807, 2.05) is 28.9 Å². The third kappa shape index (κ3) is 5.57. The highest BCUT2D eigenvalue weighted by Gasteiger charge is 2.01. The number of hydrogen-bond acceptors (Lipinski definition) is 7. The second kappa shape index (κ2) is 9.19. The molecule has 3 rings (SSSR count). The van der Waals surface area contributed by atoms with E-state index in [2.05, 4.69) is 43.7 Å². The molecule has 0 aliphatic carbocycles. The Balaban J connectivity index is 1.48. The first-order valence-corrected chi connectivity index (χ1v) is 8.36. The minimum atomic E-state index is 0.668. The summed E-state index contributed by atoms with van der Waals surface area (Å²) in [5.41, 5.74) is 3.74. The van der Waals surface area contributed by atoms with Gasteiger partial charge in [0.25, 0.3) is 12.3 Å². The summed E-state index contributed by atoms with van der Waals surface area (Å²) in [6, 6.07) is 16.4. The SMILES string of the molecule is NOOSOc1ccc(CCc2ccc(Cn3cncn3)cc2)cc1. The Morgan fingerprint density at radius 3 is 2.16 bits per heavy atom. The minimum Gasteiger partial charge on any atom is -0.399 e. The molecule has 0 unspecified atom stereocenters. The molecule has 0 saturated heterocycles. The standard InChI is InChI=1S/C17H18N4O3S/c18-23-24-25-22-17-9-7-15(8-10-17)2-1-14-3-5-16(6-4-14)11-21-13-19-12-20-21/h3-10,12-13H,1-2,11,18H2. The summed E-state index contributed by atoms with van der Waals surface area (Å²) < 4.78 is 11.4. The Labute approximate surface area is 150 Å². The number of aromatic nitrogens is 3. The van der Waals surface area contributed by atoms with Crippen LogP contribution in [0.25, 0.3) is 0 Å². The van der Waals surface area contributed by atoms with Crippen LogP contribution in [0.2, 0.25) is 0 Å². The van der Waals surface area contributed by atoms with E-state index in [0.29, 0.717) is 18.1 Å². The second-order valence-electron chi connectivity index (χ2n) is 5.37. The van der Waals surface area contributed by atoms with Gasteiger partial charge in [-0.15, -0.1) is 9.32 Å². The lowest BCUT2D eigenvalue weighted by molar-refractivity contribution is -0.199. The van der Waals surface area contributed by atoms with Crippen LogP contribution in [-0.2, 0) is 28.7 Å². The highest BCUT2D eigenvalue weighted by Crippen LogP contribution is 2.18. The molecule has 0 amide bonds. The summed E-state index contributed by atoms with van der Waals surface area (Å²) in [4.78, 5) is 7.89. The van der Waals surface area contributed by atoms with Crippen molar-refractivity contribution in [3.63, 3.8) is 0 Å². The van der Waals surface area contributed by atoms with Gasteiger partial charge in [0.15, 0.2) is 0 Å². The van der Waals surface area contributed by atoms with Crippen molar-refractivity contribution in [1.29, 1.82) is 0 Å². The maximum absolute atomic E-state index is 5.20. The van der Waals surface area contributed by atoms with Crippen LogP contribution in [-0.4, -0.2) is 14.8 Å². The van der Waals surface area contributed by atoms with Crippen molar-refractivity contribution >= 4 is 12.3 Å². The first-order chi connectivity index (χ1) is 12.3. The van der Waals surface area contributed by atoms with Crippen LogP contribution in [0.4, 0.5) is 0 Å². The van der Waals surface area contributed by atoms with Gasteiger partial charge < -0.3 is 4.18 Å². The predicted octanol–water partition coefficient (Wildman–Crippen LogP) is 2.88. The lowest BCUT2D eigenvalue weighted by Gasteiger charge is -2.06. The molecule has 1 heterocycles. The zero-order chi connectivity index (χ0) is 17.3. The van der Waals surface area contributed by atoms with E-state index in [4.69, 9.17) is 10.1 Å². The van der Waals surface area contributed by atoms with Crippen LogP contribution < -0.4 is 10.1 Å². The van der Waals surface area contributed by atoms with Crippen molar-refractivity contribution in [2.45, 2.75) is 19.4 Å². The van der Waals surface area contributed by atoms with Gasteiger partial charge in [-0.25, -0.2) is 9.67 Å². The van der Waals surface area contributed by atoms with E-state index in [1.54, 1.807) is 12.7 Å². The molecule has 8 heteroatoms. The molecule has 25 heavy (non-hydrogen) atoms. The summed E-state index contributed by atoms with van der Waals surface area (Å²) in [6.07, 6.45) is 5.19. The van der Waals surface area contributed by atoms with E-state index < -0.39 is 0 Å². The maximum atomic E-state index is 5.20. The molecule has 2 N–H and O–H groups in total. The largest absolute Gasteiger partial charge is 0.399 e. The summed E-state index contributed by atoms with van der Waals surface area (Å²) >= 11 is 0.668. The molecule has 0 spiro atoms. The van der Waals surface area contributed by atoms with Crippen LogP contribution >= 0.6 is 12.3 Å². The molecule has 0 radical (unpaired) electrons. The quantitative estimate of drug-likeness (QED) is 0.272. The molecule has 0 saturated carbocycles. The van der Waals surface area contributed by atoms with Gasteiger partial charge in [0, 0.05) is 0 Å². The van der Waals surface area contributed by atoms with E-state index >= 15 is 0 Å². The number of nitrogens with two attached hydrogens (primary N) is 1. The van der Waals surface area contributed by atoms with Crippen LogP contribution in [0, 0.1) is 0 Å². The maximum Gasteiger partial charge on any atom is 0.260 e. The van der Waals surface area contributed by atoms with Crippen molar-refractivity contribution in [3.8, 4) is 5.75 Å². The van der Waals surface area contributed by atoms with Gasteiger partial charge in [-0.1, -0.05) is 36.4 Å². The normalized spacial score (nSPS) is 10.8. The molecule has 0 fully saturated rings. The Bertz CT molecular complexity index is 749. The van der Waals surface area contributed by atoms with Gasteiger partial charge >= 0.3 is 0 Å². The summed E-state index contributed by atoms with van der Waals surface area (Å²) in [5.74, 6) is 5.39. The zero-order valence-electron chi connectivity index (χ0n) is 13.4. The van der Waals surface area contributed by atoms with E-state index in [1.165, 1.54) is 16.7 Å².